The number of hydrogen-bond donors (Lipinski definition) is 2. The molecule has 1 amide bonds. The van der Waals surface area contributed by atoms with E-state index in [1.807, 2.05) is 0 Å². The van der Waals surface area contributed by atoms with E-state index in [9.17, 15) is 9.59 Å². The van der Waals surface area contributed by atoms with Gasteiger partial charge in [0.05, 0.1) is 10.5 Å². The maximum Gasteiger partial charge on any atom is 0.335 e. The molecule has 1 heterocycles. The molecule has 0 atom stereocenters. The number of benzene rings is 1. The summed E-state index contributed by atoms with van der Waals surface area (Å²) in [7, 11) is 0. The van der Waals surface area contributed by atoms with Crippen molar-refractivity contribution in [2.75, 3.05) is 0 Å². The molecule has 2 rings (SSSR count). The van der Waals surface area contributed by atoms with E-state index in [2.05, 4.69) is 5.32 Å². The number of nitrogens with one attached hydrogen (secondary N) is 1. The van der Waals surface area contributed by atoms with Gasteiger partial charge in [0.15, 0.2) is 0 Å². The number of aromatic carboxylic acids is 1. The molecule has 17 heavy (non-hydrogen) atoms. The Balaban J connectivity index is 2.24. The molecule has 1 aliphatic heterocycles. The molecular formula is C11H7NO3S2. The van der Waals surface area contributed by atoms with E-state index in [-0.39, 0.29) is 11.5 Å². The molecule has 0 unspecified atom stereocenters. The van der Waals surface area contributed by atoms with E-state index in [0.29, 0.717) is 9.23 Å². The third-order valence-electron chi connectivity index (χ3n) is 2.10. The zero-order valence-electron chi connectivity index (χ0n) is 8.47. The highest BCUT2D eigenvalue weighted by Gasteiger charge is 2.21. The first-order valence-corrected chi connectivity index (χ1v) is 5.87. The molecule has 2 N–H and O–H groups in total. The van der Waals surface area contributed by atoms with Gasteiger partial charge in [-0.1, -0.05) is 36.1 Å². The maximum absolute atomic E-state index is 11.4. The SMILES string of the molecule is O=C1NC(=S)S/C1=C/c1ccc(C(=O)O)cc1. The van der Waals surface area contributed by atoms with Crippen molar-refractivity contribution < 1.29 is 14.7 Å². The Kier molecular flexibility index (Phi) is 3.26. The first-order chi connectivity index (χ1) is 8.06. The topological polar surface area (TPSA) is 66.4 Å². The molecule has 0 bridgehead atoms. The lowest BCUT2D eigenvalue weighted by Crippen LogP contribution is -2.17. The van der Waals surface area contributed by atoms with Crippen LogP contribution < -0.4 is 5.32 Å². The van der Waals surface area contributed by atoms with Crippen molar-refractivity contribution in [3.63, 3.8) is 0 Å². The normalized spacial score (nSPS) is 17.3. The average Bonchev–Trinajstić information content (AvgIpc) is 2.58. The molecule has 1 fully saturated rings. The lowest BCUT2D eigenvalue weighted by Gasteiger charge is -1.97. The van der Waals surface area contributed by atoms with Gasteiger partial charge in [0.25, 0.3) is 5.91 Å². The van der Waals surface area contributed by atoms with Gasteiger partial charge in [-0.15, -0.1) is 0 Å². The van der Waals surface area contributed by atoms with E-state index >= 15 is 0 Å². The second-order valence-corrected chi connectivity index (χ2v) is 5.00. The first-order valence-electron chi connectivity index (χ1n) is 4.64. The van der Waals surface area contributed by atoms with Gasteiger partial charge in [0.2, 0.25) is 0 Å². The molecule has 0 aromatic heterocycles. The Hall–Kier alpha value is -1.66. The Bertz CT molecular complexity index is 534. The lowest BCUT2D eigenvalue weighted by atomic mass is 10.1. The summed E-state index contributed by atoms with van der Waals surface area (Å²) in [5.41, 5.74) is 0.976. The number of thioether (sulfide) groups is 1. The summed E-state index contributed by atoms with van der Waals surface area (Å²) in [5, 5.41) is 11.2. The lowest BCUT2D eigenvalue weighted by molar-refractivity contribution is -0.115. The van der Waals surface area contributed by atoms with Crippen LogP contribution in [-0.2, 0) is 4.79 Å². The third-order valence-corrected chi connectivity index (χ3v) is 3.26. The second kappa shape index (κ2) is 4.68. The Morgan fingerprint density at radius 1 is 1.35 bits per heavy atom. The number of thiocarbonyl (C=S) groups is 1. The van der Waals surface area contributed by atoms with Crippen molar-refractivity contribution in [1.82, 2.24) is 5.32 Å². The van der Waals surface area contributed by atoms with Crippen LogP contribution in [0.2, 0.25) is 0 Å². The molecule has 6 heteroatoms. The summed E-state index contributed by atoms with van der Waals surface area (Å²) in [6.07, 6.45) is 1.67. The van der Waals surface area contributed by atoms with Crippen LogP contribution in [0.5, 0.6) is 0 Å². The number of amides is 1. The summed E-state index contributed by atoms with van der Waals surface area (Å²) in [5.74, 6) is -1.19. The quantitative estimate of drug-likeness (QED) is 0.631. The van der Waals surface area contributed by atoms with Gasteiger partial charge in [0.1, 0.15) is 4.32 Å². The van der Waals surface area contributed by atoms with Gasteiger partial charge >= 0.3 is 5.97 Å². The number of carbonyl (C=O) groups is 2. The van der Waals surface area contributed by atoms with Crippen LogP contribution >= 0.6 is 24.0 Å². The van der Waals surface area contributed by atoms with E-state index in [4.69, 9.17) is 17.3 Å². The minimum Gasteiger partial charge on any atom is -0.478 e. The van der Waals surface area contributed by atoms with Crippen molar-refractivity contribution >= 4 is 46.3 Å². The Morgan fingerprint density at radius 2 is 2.00 bits per heavy atom. The summed E-state index contributed by atoms with van der Waals surface area (Å²) in [6, 6.07) is 6.27. The van der Waals surface area contributed by atoms with Crippen LogP contribution in [0.4, 0.5) is 0 Å². The van der Waals surface area contributed by atoms with Crippen molar-refractivity contribution in [2.45, 2.75) is 0 Å². The monoisotopic (exact) mass is 265 g/mol. The van der Waals surface area contributed by atoms with Gasteiger partial charge in [-0.2, -0.15) is 0 Å². The fraction of sp³-hybridized carbons (Fsp3) is 0. The van der Waals surface area contributed by atoms with Crippen LogP contribution in [0.3, 0.4) is 0 Å². The second-order valence-electron chi connectivity index (χ2n) is 3.28. The predicted molar refractivity (Wildman–Crippen MR) is 69.7 cm³/mol. The molecule has 1 saturated heterocycles. The van der Waals surface area contributed by atoms with E-state index < -0.39 is 5.97 Å². The first kappa shape index (κ1) is 11.8. The van der Waals surface area contributed by atoms with Crippen molar-refractivity contribution in [2.24, 2.45) is 0 Å². The maximum atomic E-state index is 11.4. The van der Waals surface area contributed by atoms with E-state index in [1.165, 1.54) is 23.9 Å². The molecule has 0 aliphatic carbocycles. The van der Waals surface area contributed by atoms with Gasteiger partial charge in [0, 0.05) is 0 Å². The number of rotatable bonds is 2. The molecule has 4 nitrogen and oxygen atoms in total. The average molecular weight is 265 g/mol. The summed E-state index contributed by atoms with van der Waals surface area (Å²) in [6.45, 7) is 0. The highest BCUT2D eigenvalue weighted by Crippen LogP contribution is 2.25. The summed E-state index contributed by atoms with van der Waals surface area (Å²) >= 11 is 6.05. The zero-order valence-corrected chi connectivity index (χ0v) is 10.1. The minimum atomic E-state index is -0.974. The van der Waals surface area contributed by atoms with Gasteiger partial charge in [-0.25, -0.2) is 4.79 Å². The smallest absolute Gasteiger partial charge is 0.335 e. The largest absolute Gasteiger partial charge is 0.478 e. The fourth-order valence-electron chi connectivity index (χ4n) is 1.29. The molecule has 0 saturated carbocycles. The van der Waals surface area contributed by atoms with Gasteiger partial charge in [-0.3, -0.25) is 4.79 Å². The molecule has 86 valence electrons. The number of carboxylic acids is 1. The van der Waals surface area contributed by atoms with Crippen LogP contribution in [0, 0.1) is 0 Å². The zero-order chi connectivity index (χ0) is 12.4. The highest BCUT2D eigenvalue weighted by atomic mass is 32.2. The van der Waals surface area contributed by atoms with Crippen molar-refractivity contribution in [3.8, 4) is 0 Å². The molecule has 1 aliphatic rings. The molecule has 0 spiro atoms. The summed E-state index contributed by atoms with van der Waals surface area (Å²) in [4.78, 5) is 22.5. The number of carbonyl (C=O) groups excluding carboxylic acids is 1. The van der Waals surface area contributed by atoms with Crippen LogP contribution in [0.1, 0.15) is 15.9 Å². The standard InChI is InChI=1S/C11H7NO3S2/c13-9-8(17-11(16)12-9)5-6-1-3-7(4-2-6)10(14)15/h1-5H,(H,14,15)(H,12,13,16)/b8-5+. The van der Waals surface area contributed by atoms with Crippen LogP contribution in [-0.4, -0.2) is 21.3 Å². The molecular weight excluding hydrogens is 258 g/mol. The van der Waals surface area contributed by atoms with Crippen LogP contribution in [0.15, 0.2) is 29.2 Å². The molecule has 0 radical (unpaired) electrons. The van der Waals surface area contributed by atoms with Crippen molar-refractivity contribution in [1.29, 1.82) is 0 Å². The molecule has 1 aromatic carbocycles. The highest BCUT2D eigenvalue weighted by molar-refractivity contribution is 8.26. The predicted octanol–water partition coefficient (Wildman–Crippen LogP) is 1.87. The minimum absolute atomic E-state index is 0.214. The summed E-state index contributed by atoms with van der Waals surface area (Å²) < 4.78 is 0.434. The molecule has 1 aromatic rings. The third kappa shape index (κ3) is 2.72. The van der Waals surface area contributed by atoms with E-state index in [1.54, 1.807) is 18.2 Å². The van der Waals surface area contributed by atoms with Crippen molar-refractivity contribution in [3.05, 3.63) is 40.3 Å². The number of hydrogen-bond acceptors (Lipinski definition) is 4. The van der Waals surface area contributed by atoms with E-state index in [0.717, 1.165) is 5.56 Å². The Morgan fingerprint density at radius 3 is 2.47 bits per heavy atom. The fourth-order valence-corrected chi connectivity index (χ4v) is 2.34. The van der Waals surface area contributed by atoms with Crippen LogP contribution in [0.25, 0.3) is 6.08 Å². The number of carboxylic acid groups (broad SMARTS) is 1. The van der Waals surface area contributed by atoms with Gasteiger partial charge in [-0.05, 0) is 23.8 Å². The Labute approximate surface area is 107 Å². The van der Waals surface area contributed by atoms with Gasteiger partial charge < -0.3 is 10.4 Å².